The fourth-order valence-electron chi connectivity index (χ4n) is 1.75. The summed E-state index contributed by atoms with van der Waals surface area (Å²) in [6.45, 7) is 4.32. The minimum Gasteiger partial charge on any atom is -0.396 e. The number of hydrogen-bond acceptors (Lipinski definition) is 3. The molecule has 0 atom stereocenters. The van der Waals surface area contributed by atoms with Gasteiger partial charge in [0.05, 0.1) is 10.7 Å². The molecule has 0 fully saturated rings. The number of halogens is 1. The molecular weight excluding hydrogens is 298 g/mol. The molecule has 2 nitrogen and oxygen atoms in total. The molecule has 0 saturated carbocycles. The molecule has 4 heteroatoms. The fraction of sp³-hybridized carbons (Fsp3) is 0.308. The Morgan fingerprint density at radius 1 is 1.35 bits per heavy atom. The van der Waals surface area contributed by atoms with Crippen LogP contribution in [-0.2, 0) is 6.42 Å². The molecule has 2 rings (SSSR count). The van der Waals surface area contributed by atoms with E-state index in [0.29, 0.717) is 6.42 Å². The number of rotatable bonds is 3. The van der Waals surface area contributed by atoms with Crippen LogP contribution in [0.4, 0.5) is 0 Å². The topological polar surface area (TPSA) is 33.1 Å². The molecule has 0 bridgehead atoms. The number of hydrogen-bond donors (Lipinski definition) is 1. The number of aliphatic hydroxyl groups excluding tert-OH is 1. The molecule has 1 aromatic heterocycles. The molecule has 0 aliphatic heterocycles. The summed E-state index contributed by atoms with van der Waals surface area (Å²) < 4.78 is 1.06. The third kappa shape index (κ3) is 2.76. The third-order valence-electron chi connectivity index (χ3n) is 2.62. The lowest BCUT2D eigenvalue weighted by Crippen LogP contribution is -1.90. The number of benzene rings is 1. The van der Waals surface area contributed by atoms with Crippen LogP contribution in [0.1, 0.15) is 15.4 Å². The van der Waals surface area contributed by atoms with Gasteiger partial charge in [-0.15, -0.1) is 11.3 Å². The maximum Gasteiger partial charge on any atom is 0.0958 e. The van der Waals surface area contributed by atoms with E-state index in [1.54, 1.807) is 11.3 Å². The average molecular weight is 312 g/mol. The van der Waals surface area contributed by atoms with Crippen LogP contribution < -0.4 is 0 Å². The third-order valence-corrected chi connectivity index (χ3v) is 4.15. The van der Waals surface area contributed by atoms with Crippen molar-refractivity contribution in [3.63, 3.8) is 0 Å². The first kappa shape index (κ1) is 12.7. The minimum atomic E-state index is 0.157. The minimum absolute atomic E-state index is 0.157. The van der Waals surface area contributed by atoms with Crippen LogP contribution in [0.15, 0.2) is 22.7 Å². The molecule has 17 heavy (non-hydrogen) atoms. The van der Waals surface area contributed by atoms with Gasteiger partial charge in [-0.3, -0.25) is 0 Å². The van der Waals surface area contributed by atoms with E-state index in [4.69, 9.17) is 5.11 Å². The molecule has 1 N–H and O–H groups in total. The molecule has 0 spiro atoms. The first-order chi connectivity index (χ1) is 8.11. The molecule has 1 aromatic carbocycles. The van der Waals surface area contributed by atoms with Crippen molar-refractivity contribution in [1.29, 1.82) is 0 Å². The highest BCUT2D eigenvalue weighted by atomic mass is 79.9. The number of aryl methyl sites for hydroxylation is 2. The number of aliphatic hydroxyl groups is 1. The van der Waals surface area contributed by atoms with E-state index in [9.17, 15) is 0 Å². The summed E-state index contributed by atoms with van der Waals surface area (Å²) in [5.41, 5.74) is 3.42. The number of aromatic nitrogens is 1. The Labute approximate surface area is 113 Å². The van der Waals surface area contributed by atoms with Crippen molar-refractivity contribution < 1.29 is 5.11 Å². The summed E-state index contributed by atoms with van der Waals surface area (Å²) in [6, 6.07) is 6.22. The molecule has 2 aromatic rings. The Bertz CT molecular complexity index is 536. The highest BCUT2D eigenvalue weighted by Gasteiger charge is 2.11. The van der Waals surface area contributed by atoms with Crippen molar-refractivity contribution in [3.05, 3.63) is 38.1 Å². The van der Waals surface area contributed by atoms with Gasteiger partial charge in [-0.05, 0) is 31.5 Å². The van der Waals surface area contributed by atoms with Gasteiger partial charge in [0.25, 0.3) is 0 Å². The van der Waals surface area contributed by atoms with E-state index in [-0.39, 0.29) is 6.61 Å². The SMILES string of the molecule is Cc1ccc(Br)cc1-c1nc(CCO)sc1C. The van der Waals surface area contributed by atoms with Gasteiger partial charge < -0.3 is 5.11 Å². The Balaban J connectivity index is 2.48. The smallest absolute Gasteiger partial charge is 0.0958 e. The zero-order chi connectivity index (χ0) is 12.4. The molecule has 0 amide bonds. The number of nitrogens with zero attached hydrogens (tertiary/aromatic N) is 1. The Morgan fingerprint density at radius 2 is 2.12 bits per heavy atom. The van der Waals surface area contributed by atoms with Crippen LogP contribution in [-0.4, -0.2) is 16.7 Å². The van der Waals surface area contributed by atoms with Crippen molar-refractivity contribution in [2.45, 2.75) is 20.3 Å². The maximum atomic E-state index is 8.95. The van der Waals surface area contributed by atoms with E-state index < -0.39 is 0 Å². The molecule has 1 heterocycles. The normalized spacial score (nSPS) is 10.8. The van der Waals surface area contributed by atoms with Crippen LogP contribution in [0, 0.1) is 13.8 Å². The summed E-state index contributed by atoms with van der Waals surface area (Å²) in [5, 5.41) is 9.95. The van der Waals surface area contributed by atoms with E-state index in [0.717, 1.165) is 20.7 Å². The van der Waals surface area contributed by atoms with Gasteiger partial charge in [0.15, 0.2) is 0 Å². The standard InChI is InChI=1S/C13H14BrNOS/c1-8-3-4-10(14)7-11(8)13-9(2)17-12(15-13)5-6-16/h3-4,7,16H,5-6H2,1-2H3. The van der Waals surface area contributed by atoms with Gasteiger partial charge >= 0.3 is 0 Å². The van der Waals surface area contributed by atoms with E-state index >= 15 is 0 Å². The molecule has 0 saturated heterocycles. The maximum absolute atomic E-state index is 8.95. The lowest BCUT2D eigenvalue weighted by Gasteiger charge is -2.04. The second-order valence-electron chi connectivity index (χ2n) is 3.95. The van der Waals surface area contributed by atoms with E-state index in [2.05, 4.69) is 46.9 Å². The largest absolute Gasteiger partial charge is 0.396 e. The lowest BCUT2D eigenvalue weighted by molar-refractivity contribution is 0.299. The second-order valence-corrected chi connectivity index (χ2v) is 6.15. The van der Waals surface area contributed by atoms with Crippen molar-refractivity contribution >= 4 is 27.3 Å². The van der Waals surface area contributed by atoms with Gasteiger partial charge in [0, 0.05) is 27.9 Å². The zero-order valence-corrected chi connectivity index (χ0v) is 12.2. The van der Waals surface area contributed by atoms with E-state index in [1.165, 1.54) is 10.4 Å². The van der Waals surface area contributed by atoms with Gasteiger partial charge in [-0.25, -0.2) is 4.98 Å². The predicted octanol–water partition coefficient (Wildman–Crippen LogP) is 3.72. The predicted molar refractivity (Wildman–Crippen MR) is 75.5 cm³/mol. The molecule has 0 radical (unpaired) electrons. The molecule has 0 aliphatic carbocycles. The summed E-state index contributed by atoms with van der Waals surface area (Å²) in [5.74, 6) is 0. The summed E-state index contributed by atoms with van der Waals surface area (Å²) in [7, 11) is 0. The first-order valence-corrected chi connectivity index (χ1v) is 7.06. The Morgan fingerprint density at radius 3 is 2.82 bits per heavy atom. The van der Waals surface area contributed by atoms with Gasteiger partial charge in [-0.2, -0.15) is 0 Å². The molecule has 0 aliphatic rings. The van der Waals surface area contributed by atoms with Crippen LogP contribution in [0.2, 0.25) is 0 Å². The van der Waals surface area contributed by atoms with Gasteiger partial charge in [0.1, 0.15) is 0 Å². The van der Waals surface area contributed by atoms with Crippen molar-refractivity contribution in [1.82, 2.24) is 4.98 Å². The molecule has 0 unspecified atom stereocenters. The highest BCUT2D eigenvalue weighted by molar-refractivity contribution is 9.10. The molecule has 90 valence electrons. The van der Waals surface area contributed by atoms with Crippen LogP contribution in [0.3, 0.4) is 0 Å². The quantitative estimate of drug-likeness (QED) is 0.937. The fourth-order valence-corrected chi connectivity index (χ4v) is 3.05. The monoisotopic (exact) mass is 311 g/mol. The van der Waals surface area contributed by atoms with Crippen LogP contribution in [0.5, 0.6) is 0 Å². The Kier molecular flexibility index (Phi) is 3.97. The average Bonchev–Trinajstić information content (AvgIpc) is 2.64. The zero-order valence-electron chi connectivity index (χ0n) is 9.83. The summed E-state index contributed by atoms with van der Waals surface area (Å²) in [4.78, 5) is 5.81. The van der Waals surface area contributed by atoms with Crippen molar-refractivity contribution in [3.8, 4) is 11.3 Å². The van der Waals surface area contributed by atoms with E-state index in [1.807, 2.05) is 6.07 Å². The highest BCUT2D eigenvalue weighted by Crippen LogP contribution is 2.31. The first-order valence-electron chi connectivity index (χ1n) is 5.45. The summed E-state index contributed by atoms with van der Waals surface area (Å²) in [6.07, 6.45) is 0.637. The van der Waals surface area contributed by atoms with Gasteiger partial charge in [-0.1, -0.05) is 22.0 Å². The van der Waals surface area contributed by atoms with Crippen molar-refractivity contribution in [2.24, 2.45) is 0 Å². The molecular formula is C13H14BrNOS. The number of thiazole rings is 1. The second kappa shape index (κ2) is 5.29. The Hall–Kier alpha value is -0.710. The van der Waals surface area contributed by atoms with Gasteiger partial charge in [0.2, 0.25) is 0 Å². The van der Waals surface area contributed by atoms with Crippen LogP contribution >= 0.6 is 27.3 Å². The lowest BCUT2D eigenvalue weighted by atomic mass is 10.1. The van der Waals surface area contributed by atoms with Crippen molar-refractivity contribution in [2.75, 3.05) is 6.61 Å². The van der Waals surface area contributed by atoms with Crippen LogP contribution in [0.25, 0.3) is 11.3 Å². The summed E-state index contributed by atoms with van der Waals surface area (Å²) >= 11 is 5.15.